The first kappa shape index (κ1) is 20.2. The number of aryl methyl sites for hydroxylation is 1. The molecule has 1 fully saturated rings. The van der Waals surface area contributed by atoms with E-state index in [4.69, 9.17) is 0 Å². The number of halogens is 2. The molecule has 0 bridgehead atoms. The molecule has 138 valence electrons. The molecule has 0 spiro atoms. The Balaban J connectivity index is 0.00000225. The second-order valence-corrected chi connectivity index (χ2v) is 6.52. The van der Waals surface area contributed by atoms with Gasteiger partial charge in [-0.3, -0.25) is 9.89 Å². The first-order chi connectivity index (χ1) is 11.8. The highest BCUT2D eigenvalue weighted by atomic mass is 127. The van der Waals surface area contributed by atoms with Crippen LogP contribution in [-0.2, 0) is 6.42 Å². The topological polar surface area (TPSA) is 30.9 Å². The van der Waals surface area contributed by atoms with Crippen molar-refractivity contribution in [1.82, 2.24) is 15.1 Å². The van der Waals surface area contributed by atoms with Gasteiger partial charge in [-0.1, -0.05) is 24.3 Å². The lowest BCUT2D eigenvalue weighted by atomic mass is 10.1. The second kappa shape index (κ2) is 10.1. The number of guanidine groups is 1. The number of aliphatic imine (C=N–C) groups is 1. The third-order valence-corrected chi connectivity index (χ3v) is 4.85. The van der Waals surface area contributed by atoms with Crippen LogP contribution in [0, 0.1) is 5.82 Å². The fourth-order valence-electron chi connectivity index (χ4n) is 3.54. The summed E-state index contributed by atoms with van der Waals surface area (Å²) >= 11 is 0. The Morgan fingerprint density at radius 2 is 2.12 bits per heavy atom. The summed E-state index contributed by atoms with van der Waals surface area (Å²) in [6.45, 7) is 5.13. The van der Waals surface area contributed by atoms with Crippen molar-refractivity contribution in [3.8, 4) is 0 Å². The van der Waals surface area contributed by atoms with Gasteiger partial charge in [0, 0.05) is 45.8 Å². The van der Waals surface area contributed by atoms with Crippen LogP contribution < -0.4 is 5.32 Å². The molecule has 25 heavy (non-hydrogen) atoms. The molecule has 0 amide bonds. The Bertz CT molecular complexity index is 597. The summed E-state index contributed by atoms with van der Waals surface area (Å²) in [5.74, 6) is 0.833. The summed E-state index contributed by atoms with van der Waals surface area (Å²) in [6.07, 6.45) is 7.55. The van der Waals surface area contributed by atoms with Crippen molar-refractivity contribution in [2.75, 3.05) is 39.8 Å². The number of likely N-dealkylation sites (tertiary alicyclic amines) is 1. The van der Waals surface area contributed by atoms with Crippen LogP contribution in [0.1, 0.15) is 18.4 Å². The van der Waals surface area contributed by atoms with Crippen molar-refractivity contribution >= 4 is 29.9 Å². The number of nitrogens with one attached hydrogen (secondary N) is 1. The number of rotatable bonds is 5. The van der Waals surface area contributed by atoms with Crippen LogP contribution in [0.5, 0.6) is 0 Å². The van der Waals surface area contributed by atoms with Crippen LogP contribution in [0.15, 0.2) is 41.4 Å². The van der Waals surface area contributed by atoms with Gasteiger partial charge in [0.15, 0.2) is 5.96 Å². The molecule has 0 aliphatic carbocycles. The first-order valence-electron chi connectivity index (χ1n) is 8.85. The van der Waals surface area contributed by atoms with E-state index in [0.29, 0.717) is 6.04 Å². The largest absolute Gasteiger partial charge is 0.356 e. The van der Waals surface area contributed by atoms with Crippen LogP contribution in [0.4, 0.5) is 4.39 Å². The maximum absolute atomic E-state index is 13.2. The van der Waals surface area contributed by atoms with Gasteiger partial charge < -0.3 is 10.2 Å². The third kappa shape index (κ3) is 5.67. The van der Waals surface area contributed by atoms with E-state index in [0.717, 1.165) is 57.1 Å². The molecule has 4 nitrogen and oxygen atoms in total. The van der Waals surface area contributed by atoms with E-state index in [-0.39, 0.29) is 29.8 Å². The summed E-state index contributed by atoms with van der Waals surface area (Å²) in [4.78, 5) is 9.30. The summed E-state index contributed by atoms with van der Waals surface area (Å²) in [5, 5.41) is 3.46. The number of benzene rings is 1. The van der Waals surface area contributed by atoms with E-state index in [1.54, 1.807) is 12.1 Å². The molecule has 1 unspecified atom stereocenters. The van der Waals surface area contributed by atoms with Crippen LogP contribution >= 0.6 is 24.0 Å². The smallest absolute Gasteiger partial charge is 0.193 e. The Morgan fingerprint density at radius 3 is 2.84 bits per heavy atom. The van der Waals surface area contributed by atoms with E-state index in [1.165, 1.54) is 12.5 Å². The van der Waals surface area contributed by atoms with E-state index in [1.807, 2.05) is 13.1 Å². The van der Waals surface area contributed by atoms with Crippen molar-refractivity contribution in [1.29, 1.82) is 0 Å². The molecule has 0 aromatic heterocycles. The standard InChI is InChI=1S/C19H27FN4.HI/c1-21-19(22-10-5-7-16-6-4-8-17(20)14-16)24-13-9-18(15-24)23-11-2-3-12-23;/h2-4,6,8,14,18H,5,7,9-13,15H2,1H3,(H,21,22);1H. The minimum Gasteiger partial charge on any atom is -0.356 e. The maximum atomic E-state index is 13.2. The van der Waals surface area contributed by atoms with Gasteiger partial charge in [0.1, 0.15) is 5.82 Å². The average molecular weight is 458 g/mol. The van der Waals surface area contributed by atoms with Crippen LogP contribution in [0.25, 0.3) is 0 Å². The Morgan fingerprint density at radius 1 is 1.32 bits per heavy atom. The van der Waals surface area contributed by atoms with Crippen LogP contribution in [0.3, 0.4) is 0 Å². The molecule has 1 aromatic rings. The monoisotopic (exact) mass is 458 g/mol. The average Bonchev–Trinajstić information content (AvgIpc) is 3.26. The van der Waals surface area contributed by atoms with Gasteiger partial charge in [-0.15, -0.1) is 24.0 Å². The van der Waals surface area contributed by atoms with Crippen molar-refractivity contribution in [2.24, 2.45) is 4.99 Å². The normalized spacial score (nSPS) is 20.8. The van der Waals surface area contributed by atoms with E-state index in [2.05, 4.69) is 32.3 Å². The highest BCUT2D eigenvalue weighted by Crippen LogP contribution is 2.17. The molecule has 6 heteroatoms. The second-order valence-electron chi connectivity index (χ2n) is 6.52. The summed E-state index contributed by atoms with van der Waals surface area (Å²) in [6, 6.07) is 7.49. The summed E-state index contributed by atoms with van der Waals surface area (Å²) in [5.41, 5.74) is 1.05. The zero-order chi connectivity index (χ0) is 16.8. The molecule has 0 radical (unpaired) electrons. The minimum atomic E-state index is -0.157. The van der Waals surface area contributed by atoms with Crippen molar-refractivity contribution < 1.29 is 4.39 Å². The van der Waals surface area contributed by atoms with Gasteiger partial charge in [-0.25, -0.2) is 4.39 Å². The Kier molecular flexibility index (Phi) is 8.15. The first-order valence-corrected chi connectivity index (χ1v) is 8.85. The maximum Gasteiger partial charge on any atom is 0.193 e. The number of hydrogen-bond acceptors (Lipinski definition) is 2. The summed E-state index contributed by atoms with van der Waals surface area (Å²) < 4.78 is 13.2. The highest BCUT2D eigenvalue weighted by molar-refractivity contribution is 14.0. The van der Waals surface area contributed by atoms with Crippen molar-refractivity contribution in [3.05, 3.63) is 47.8 Å². The Labute approximate surface area is 167 Å². The molecule has 1 N–H and O–H groups in total. The lowest BCUT2D eigenvalue weighted by Crippen LogP contribution is -2.43. The molecule has 1 saturated heterocycles. The fraction of sp³-hybridized carbons (Fsp3) is 0.526. The van der Waals surface area contributed by atoms with Gasteiger partial charge >= 0.3 is 0 Å². The predicted molar refractivity (Wildman–Crippen MR) is 112 cm³/mol. The van der Waals surface area contributed by atoms with Crippen molar-refractivity contribution in [3.63, 3.8) is 0 Å². The molecule has 1 aromatic carbocycles. The molecule has 0 saturated carbocycles. The minimum absolute atomic E-state index is 0. The number of nitrogens with zero attached hydrogens (tertiary/aromatic N) is 3. The lowest BCUT2D eigenvalue weighted by Gasteiger charge is -2.25. The molecule has 2 heterocycles. The van der Waals surface area contributed by atoms with E-state index in [9.17, 15) is 4.39 Å². The van der Waals surface area contributed by atoms with Gasteiger partial charge in [-0.05, 0) is 37.0 Å². The van der Waals surface area contributed by atoms with E-state index < -0.39 is 0 Å². The molecule has 2 aliphatic heterocycles. The Hall–Kier alpha value is -1.15. The van der Waals surface area contributed by atoms with Gasteiger partial charge in [0.2, 0.25) is 0 Å². The predicted octanol–water partition coefficient (Wildman–Crippen LogP) is 2.90. The molecule has 2 aliphatic rings. The van der Waals surface area contributed by atoms with Gasteiger partial charge in [0.05, 0.1) is 0 Å². The highest BCUT2D eigenvalue weighted by Gasteiger charge is 2.29. The lowest BCUT2D eigenvalue weighted by molar-refractivity contribution is 0.259. The van der Waals surface area contributed by atoms with Gasteiger partial charge in [0.25, 0.3) is 0 Å². The van der Waals surface area contributed by atoms with Gasteiger partial charge in [-0.2, -0.15) is 0 Å². The van der Waals surface area contributed by atoms with Crippen molar-refractivity contribution in [2.45, 2.75) is 25.3 Å². The van der Waals surface area contributed by atoms with E-state index >= 15 is 0 Å². The molecule has 1 atom stereocenters. The fourth-order valence-corrected chi connectivity index (χ4v) is 3.54. The third-order valence-electron chi connectivity index (χ3n) is 4.85. The molecular formula is C19H28FIN4. The SMILES string of the molecule is CN=C(NCCCc1cccc(F)c1)N1CCC(N2CC=CC2)C1.I. The summed E-state index contributed by atoms with van der Waals surface area (Å²) in [7, 11) is 1.85. The molecular weight excluding hydrogens is 430 g/mol. The van der Waals surface area contributed by atoms with Crippen LogP contribution in [0.2, 0.25) is 0 Å². The van der Waals surface area contributed by atoms with Crippen LogP contribution in [-0.4, -0.2) is 61.6 Å². The zero-order valence-electron chi connectivity index (χ0n) is 14.8. The molecule has 3 rings (SSSR count). The quantitative estimate of drug-likeness (QED) is 0.242. The zero-order valence-corrected chi connectivity index (χ0v) is 17.2. The number of hydrogen-bond donors (Lipinski definition) is 1.